The normalized spacial score (nSPS) is 22.6. The average molecular weight is 285 g/mol. The van der Waals surface area contributed by atoms with Gasteiger partial charge in [0.1, 0.15) is 10.9 Å². The number of nitrogens with zero attached hydrogens (tertiary/aromatic N) is 3. The molecule has 1 N–H and O–H groups in total. The van der Waals surface area contributed by atoms with Crippen LogP contribution < -0.4 is 0 Å². The van der Waals surface area contributed by atoms with Crippen LogP contribution in [0.15, 0.2) is 0 Å². The fraction of sp³-hybridized carbons (Fsp3) is 0.636. The number of aliphatic hydroxyl groups is 1. The summed E-state index contributed by atoms with van der Waals surface area (Å²) < 4.78 is 8.43. The summed E-state index contributed by atoms with van der Waals surface area (Å²) in [5.41, 5.74) is 0.611. The van der Waals surface area contributed by atoms with Gasteiger partial charge in [-0.25, -0.2) is 4.79 Å². The van der Waals surface area contributed by atoms with Crippen LogP contribution in [0.3, 0.4) is 0 Å². The fourth-order valence-corrected chi connectivity index (χ4v) is 2.84. The van der Waals surface area contributed by atoms with E-state index in [1.165, 1.54) is 12.0 Å². The van der Waals surface area contributed by atoms with Crippen LogP contribution in [0.25, 0.3) is 0 Å². The zero-order valence-corrected chi connectivity index (χ0v) is 11.5. The molecule has 0 radical (unpaired) electrons. The quantitative estimate of drug-likeness (QED) is 0.776. The lowest BCUT2D eigenvalue weighted by Gasteiger charge is -2.21. The molecule has 2 unspecified atom stereocenters. The van der Waals surface area contributed by atoms with Crippen LogP contribution in [-0.4, -0.2) is 57.3 Å². The van der Waals surface area contributed by atoms with Gasteiger partial charge >= 0.3 is 5.97 Å². The molecular weight excluding hydrogens is 270 g/mol. The molecule has 0 bridgehead atoms. The second-order valence-corrected chi connectivity index (χ2v) is 5.04. The van der Waals surface area contributed by atoms with Gasteiger partial charge in [-0.15, -0.1) is 5.10 Å². The predicted molar refractivity (Wildman–Crippen MR) is 66.8 cm³/mol. The Morgan fingerprint density at radius 3 is 2.95 bits per heavy atom. The van der Waals surface area contributed by atoms with Gasteiger partial charge in [-0.2, -0.15) is 0 Å². The first-order valence-electron chi connectivity index (χ1n) is 5.96. The highest BCUT2D eigenvalue weighted by Gasteiger charge is 2.41. The number of aryl methyl sites for hydroxylation is 1. The summed E-state index contributed by atoms with van der Waals surface area (Å²) >= 11 is 1.01. The number of β-amino-alcohol motifs (C(OH)–C–C–N with tert-alkyl or cyclic N) is 1. The lowest BCUT2D eigenvalue weighted by molar-refractivity contribution is -0.145. The molecule has 1 aromatic rings. The van der Waals surface area contributed by atoms with Crippen molar-refractivity contribution in [3.05, 3.63) is 10.6 Å². The summed E-state index contributed by atoms with van der Waals surface area (Å²) in [4.78, 5) is 25.8. The van der Waals surface area contributed by atoms with Gasteiger partial charge in [0.15, 0.2) is 0 Å². The number of methoxy groups -OCH3 is 1. The number of aliphatic hydroxyl groups excluding tert-OH is 1. The first-order chi connectivity index (χ1) is 9.08. The maximum atomic E-state index is 12.4. The SMILES string of the molecule is CCc1nnsc1C(=O)N1CC(O)CC1C(=O)OC. The zero-order valence-electron chi connectivity index (χ0n) is 10.7. The molecule has 0 spiro atoms. The Kier molecular flexibility index (Phi) is 4.11. The van der Waals surface area contributed by atoms with Crippen molar-refractivity contribution in [1.29, 1.82) is 0 Å². The molecule has 19 heavy (non-hydrogen) atoms. The smallest absolute Gasteiger partial charge is 0.328 e. The predicted octanol–water partition coefficient (Wildman–Crippen LogP) is -0.151. The molecular formula is C11H15N3O4S. The van der Waals surface area contributed by atoms with Gasteiger partial charge < -0.3 is 14.7 Å². The number of hydrogen-bond acceptors (Lipinski definition) is 7. The molecule has 1 fully saturated rings. The molecule has 0 aliphatic carbocycles. The van der Waals surface area contributed by atoms with E-state index in [0.717, 1.165) is 11.5 Å². The third-order valence-electron chi connectivity index (χ3n) is 3.10. The minimum atomic E-state index is -0.737. The number of carbonyl (C=O) groups is 2. The van der Waals surface area contributed by atoms with Gasteiger partial charge in [0, 0.05) is 13.0 Å². The lowest BCUT2D eigenvalue weighted by atomic mass is 10.2. The molecule has 7 nitrogen and oxygen atoms in total. The second kappa shape index (κ2) is 5.62. The van der Waals surface area contributed by atoms with Crippen molar-refractivity contribution in [3.8, 4) is 0 Å². The summed E-state index contributed by atoms with van der Waals surface area (Å²) in [6, 6.07) is -0.737. The Morgan fingerprint density at radius 2 is 2.32 bits per heavy atom. The van der Waals surface area contributed by atoms with Crippen LogP contribution in [0, 0.1) is 0 Å². The topological polar surface area (TPSA) is 92.6 Å². The fourth-order valence-electron chi connectivity index (χ4n) is 2.13. The molecule has 1 aromatic heterocycles. The lowest BCUT2D eigenvalue weighted by Crippen LogP contribution is -2.41. The van der Waals surface area contributed by atoms with Crippen LogP contribution in [0.5, 0.6) is 0 Å². The monoisotopic (exact) mass is 285 g/mol. The number of aromatic nitrogens is 2. The van der Waals surface area contributed by atoms with E-state index in [1.54, 1.807) is 0 Å². The van der Waals surface area contributed by atoms with E-state index in [9.17, 15) is 14.7 Å². The maximum Gasteiger partial charge on any atom is 0.328 e. The van der Waals surface area contributed by atoms with E-state index in [-0.39, 0.29) is 18.9 Å². The van der Waals surface area contributed by atoms with E-state index >= 15 is 0 Å². The van der Waals surface area contributed by atoms with Crippen LogP contribution in [-0.2, 0) is 16.0 Å². The second-order valence-electron chi connectivity index (χ2n) is 4.29. The molecule has 0 saturated carbocycles. The average Bonchev–Trinajstić information content (AvgIpc) is 3.02. The minimum Gasteiger partial charge on any atom is -0.467 e. The summed E-state index contributed by atoms with van der Waals surface area (Å²) in [5, 5.41) is 13.5. The highest BCUT2D eigenvalue weighted by Crippen LogP contribution is 2.24. The minimum absolute atomic E-state index is 0.125. The first kappa shape index (κ1) is 13.9. The van der Waals surface area contributed by atoms with Gasteiger partial charge in [0.2, 0.25) is 0 Å². The molecule has 1 aliphatic rings. The summed E-state index contributed by atoms with van der Waals surface area (Å²) in [5.74, 6) is -0.834. The van der Waals surface area contributed by atoms with Crippen molar-refractivity contribution in [2.45, 2.75) is 31.9 Å². The number of carbonyl (C=O) groups excluding carboxylic acids is 2. The van der Waals surface area contributed by atoms with E-state index in [1.807, 2.05) is 6.92 Å². The summed E-state index contributed by atoms with van der Waals surface area (Å²) in [6.07, 6.45) is 0.0854. The van der Waals surface area contributed by atoms with Gasteiger partial charge in [0.25, 0.3) is 5.91 Å². The highest BCUT2D eigenvalue weighted by atomic mass is 32.1. The van der Waals surface area contributed by atoms with Crippen molar-refractivity contribution in [2.24, 2.45) is 0 Å². The molecule has 1 aliphatic heterocycles. The first-order valence-corrected chi connectivity index (χ1v) is 6.73. The van der Waals surface area contributed by atoms with Crippen molar-refractivity contribution < 1.29 is 19.4 Å². The van der Waals surface area contributed by atoms with Crippen molar-refractivity contribution in [1.82, 2.24) is 14.5 Å². The number of ether oxygens (including phenoxy) is 1. The van der Waals surface area contributed by atoms with Gasteiger partial charge in [0.05, 0.1) is 18.9 Å². The van der Waals surface area contributed by atoms with Crippen LogP contribution in [0.1, 0.15) is 28.7 Å². The Balaban J connectivity index is 2.24. The molecule has 8 heteroatoms. The molecule has 1 saturated heterocycles. The Hall–Kier alpha value is -1.54. The molecule has 2 atom stereocenters. The zero-order chi connectivity index (χ0) is 14.0. The summed E-state index contributed by atoms with van der Waals surface area (Å²) in [7, 11) is 1.27. The number of amides is 1. The largest absolute Gasteiger partial charge is 0.467 e. The Labute approximate surface area is 114 Å². The van der Waals surface area contributed by atoms with Gasteiger partial charge in [-0.1, -0.05) is 11.4 Å². The van der Waals surface area contributed by atoms with E-state index in [0.29, 0.717) is 17.0 Å². The van der Waals surface area contributed by atoms with Crippen molar-refractivity contribution >= 4 is 23.4 Å². The highest BCUT2D eigenvalue weighted by molar-refractivity contribution is 7.08. The summed E-state index contributed by atoms with van der Waals surface area (Å²) in [6.45, 7) is 2.00. The standard InChI is InChI=1S/C11H15N3O4S/c1-3-7-9(19-13-12-7)10(16)14-5-6(15)4-8(14)11(17)18-2/h6,8,15H,3-5H2,1-2H3. The van der Waals surface area contributed by atoms with Crippen molar-refractivity contribution in [3.63, 3.8) is 0 Å². The van der Waals surface area contributed by atoms with E-state index < -0.39 is 18.1 Å². The van der Waals surface area contributed by atoms with Gasteiger partial charge in [-0.05, 0) is 18.0 Å². The van der Waals surface area contributed by atoms with Crippen LogP contribution >= 0.6 is 11.5 Å². The van der Waals surface area contributed by atoms with Crippen LogP contribution in [0.2, 0.25) is 0 Å². The Morgan fingerprint density at radius 1 is 1.58 bits per heavy atom. The molecule has 2 rings (SSSR count). The third kappa shape index (κ3) is 2.59. The van der Waals surface area contributed by atoms with Crippen molar-refractivity contribution in [2.75, 3.05) is 13.7 Å². The van der Waals surface area contributed by atoms with Crippen LogP contribution in [0.4, 0.5) is 0 Å². The molecule has 0 aromatic carbocycles. The number of hydrogen-bond donors (Lipinski definition) is 1. The van der Waals surface area contributed by atoms with Gasteiger partial charge in [-0.3, -0.25) is 4.79 Å². The molecule has 2 heterocycles. The molecule has 104 valence electrons. The Bertz CT molecular complexity index is 490. The number of rotatable bonds is 3. The van der Waals surface area contributed by atoms with E-state index in [2.05, 4.69) is 14.3 Å². The maximum absolute atomic E-state index is 12.4. The third-order valence-corrected chi connectivity index (χ3v) is 3.85. The molecule has 1 amide bonds. The number of likely N-dealkylation sites (tertiary alicyclic amines) is 1. The number of esters is 1. The van der Waals surface area contributed by atoms with E-state index in [4.69, 9.17) is 0 Å².